The smallest absolute Gasteiger partial charge is 0.161 e. The molecule has 0 spiro atoms. The van der Waals surface area contributed by atoms with Crippen LogP contribution in [0.4, 0.5) is 13.2 Å². The normalized spacial score (nSPS) is 10.8. The van der Waals surface area contributed by atoms with Crippen LogP contribution in [0.3, 0.4) is 0 Å². The van der Waals surface area contributed by atoms with E-state index in [1.54, 1.807) is 5.51 Å². The fraction of sp³-hybridized carbons (Fsp3) is 0.250. The monoisotopic (exact) mass is 272 g/mol. The van der Waals surface area contributed by atoms with E-state index in [0.717, 1.165) is 18.2 Å². The Morgan fingerprint density at radius 3 is 2.61 bits per heavy atom. The highest BCUT2D eigenvalue weighted by Crippen LogP contribution is 2.13. The van der Waals surface area contributed by atoms with E-state index < -0.39 is 17.5 Å². The summed E-state index contributed by atoms with van der Waals surface area (Å²) in [5.41, 5.74) is 2.81. The second-order valence-electron chi connectivity index (χ2n) is 3.76. The lowest BCUT2D eigenvalue weighted by atomic mass is 10.2. The van der Waals surface area contributed by atoms with E-state index >= 15 is 0 Å². The topological polar surface area (TPSA) is 24.9 Å². The molecule has 96 valence electrons. The molecule has 1 N–H and O–H groups in total. The first-order chi connectivity index (χ1) is 8.66. The Balaban J connectivity index is 1.85. The number of hydrogen-bond donors (Lipinski definition) is 1. The van der Waals surface area contributed by atoms with E-state index in [4.69, 9.17) is 0 Å². The molecule has 2 nitrogen and oxygen atoms in total. The molecule has 2 aromatic rings. The van der Waals surface area contributed by atoms with Crippen molar-refractivity contribution in [1.29, 1.82) is 0 Å². The molecule has 0 aliphatic rings. The molecule has 0 atom stereocenters. The number of nitrogens with one attached hydrogen (secondary N) is 1. The van der Waals surface area contributed by atoms with E-state index in [1.165, 1.54) is 11.3 Å². The molecular formula is C12H11F3N2S. The molecule has 0 amide bonds. The van der Waals surface area contributed by atoms with Crippen molar-refractivity contribution in [2.75, 3.05) is 6.54 Å². The molecule has 0 saturated heterocycles. The van der Waals surface area contributed by atoms with Crippen LogP contribution < -0.4 is 5.32 Å². The zero-order valence-corrected chi connectivity index (χ0v) is 10.2. The maximum Gasteiger partial charge on any atom is 0.161 e. The molecule has 0 aliphatic heterocycles. The highest BCUT2D eigenvalue weighted by molar-refractivity contribution is 7.07. The maximum atomic E-state index is 13.3. The summed E-state index contributed by atoms with van der Waals surface area (Å²) in [5.74, 6) is -2.94. The first-order valence-corrected chi connectivity index (χ1v) is 6.32. The lowest BCUT2D eigenvalue weighted by Gasteiger charge is -2.06. The summed E-state index contributed by atoms with van der Waals surface area (Å²) in [4.78, 5) is 4.10. The summed E-state index contributed by atoms with van der Waals surface area (Å²) in [6.45, 7) is 0.759. The quantitative estimate of drug-likeness (QED) is 0.668. The van der Waals surface area contributed by atoms with Crippen LogP contribution in [0.2, 0.25) is 0 Å². The fourth-order valence-electron chi connectivity index (χ4n) is 1.50. The zero-order valence-electron chi connectivity index (χ0n) is 9.42. The molecule has 6 heteroatoms. The minimum atomic E-state index is -1.17. The lowest BCUT2D eigenvalue weighted by Crippen LogP contribution is -2.18. The lowest BCUT2D eigenvalue weighted by molar-refractivity contribution is 0.487. The number of thiazole rings is 1. The van der Waals surface area contributed by atoms with Gasteiger partial charge < -0.3 is 5.32 Å². The van der Waals surface area contributed by atoms with Crippen LogP contribution >= 0.6 is 11.3 Å². The van der Waals surface area contributed by atoms with Gasteiger partial charge in [0.2, 0.25) is 0 Å². The summed E-state index contributed by atoms with van der Waals surface area (Å²) < 4.78 is 38.9. The van der Waals surface area contributed by atoms with Crippen LogP contribution in [0.25, 0.3) is 0 Å². The zero-order chi connectivity index (χ0) is 13.0. The fourth-order valence-corrected chi connectivity index (χ4v) is 2.09. The molecular weight excluding hydrogens is 261 g/mol. The molecule has 0 unspecified atom stereocenters. The van der Waals surface area contributed by atoms with Crippen LogP contribution in [-0.2, 0) is 13.0 Å². The molecule has 1 aromatic heterocycles. The molecule has 0 fully saturated rings. The van der Waals surface area contributed by atoms with Gasteiger partial charge in [0, 0.05) is 36.5 Å². The Hall–Kier alpha value is -1.40. The Morgan fingerprint density at radius 1 is 1.11 bits per heavy atom. The third kappa shape index (κ3) is 3.30. The van der Waals surface area contributed by atoms with Crippen molar-refractivity contribution in [3.8, 4) is 0 Å². The number of hydrogen-bond acceptors (Lipinski definition) is 3. The SMILES string of the molecule is Fc1cc(F)c(CNCCc2cscn2)cc1F. The van der Waals surface area contributed by atoms with Gasteiger partial charge in [-0.1, -0.05) is 0 Å². The second kappa shape index (κ2) is 5.97. The number of aromatic nitrogens is 1. The van der Waals surface area contributed by atoms with Gasteiger partial charge in [-0.05, 0) is 6.07 Å². The predicted octanol–water partition coefficient (Wildman–Crippen LogP) is 2.89. The van der Waals surface area contributed by atoms with Gasteiger partial charge in [0.05, 0.1) is 11.2 Å². The van der Waals surface area contributed by atoms with Gasteiger partial charge in [-0.3, -0.25) is 0 Å². The average molecular weight is 272 g/mol. The molecule has 0 saturated carbocycles. The van der Waals surface area contributed by atoms with E-state index in [0.29, 0.717) is 12.6 Å². The van der Waals surface area contributed by atoms with Crippen LogP contribution in [0.15, 0.2) is 23.0 Å². The van der Waals surface area contributed by atoms with Crippen molar-refractivity contribution in [1.82, 2.24) is 10.3 Å². The van der Waals surface area contributed by atoms with Gasteiger partial charge in [-0.15, -0.1) is 11.3 Å². The van der Waals surface area contributed by atoms with Crippen molar-refractivity contribution < 1.29 is 13.2 Å². The minimum absolute atomic E-state index is 0.118. The van der Waals surface area contributed by atoms with Crippen LogP contribution in [0.5, 0.6) is 0 Å². The first-order valence-electron chi connectivity index (χ1n) is 5.38. The molecule has 1 aromatic carbocycles. The van der Waals surface area contributed by atoms with Crippen molar-refractivity contribution in [2.45, 2.75) is 13.0 Å². The maximum absolute atomic E-state index is 13.3. The van der Waals surface area contributed by atoms with Gasteiger partial charge in [0.15, 0.2) is 11.6 Å². The number of benzene rings is 1. The number of nitrogens with zero attached hydrogens (tertiary/aromatic N) is 1. The highest BCUT2D eigenvalue weighted by Gasteiger charge is 2.09. The van der Waals surface area contributed by atoms with Crippen LogP contribution in [-0.4, -0.2) is 11.5 Å². The standard InChI is InChI=1S/C12H11F3N2S/c13-10-4-12(15)11(14)3-8(10)5-16-2-1-9-6-18-7-17-9/h3-4,6-7,16H,1-2,5H2. The first kappa shape index (κ1) is 13.0. The third-order valence-electron chi connectivity index (χ3n) is 2.45. The third-order valence-corrected chi connectivity index (χ3v) is 3.08. The van der Waals surface area contributed by atoms with Gasteiger partial charge in [0.25, 0.3) is 0 Å². The molecule has 0 aliphatic carbocycles. The molecule has 1 heterocycles. The van der Waals surface area contributed by atoms with Gasteiger partial charge in [-0.2, -0.15) is 0 Å². The number of rotatable bonds is 5. The largest absolute Gasteiger partial charge is 0.312 e. The summed E-state index contributed by atoms with van der Waals surface area (Å²) in [5, 5.41) is 4.89. The Labute approximate surface area is 106 Å². The Morgan fingerprint density at radius 2 is 1.89 bits per heavy atom. The van der Waals surface area contributed by atoms with E-state index in [1.807, 2.05) is 5.38 Å². The molecule has 2 rings (SSSR count). The summed E-state index contributed by atoms with van der Waals surface area (Å²) in [6.07, 6.45) is 0.717. The van der Waals surface area contributed by atoms with Crippen molar-refractivity contribution in [3.63, 3.8) is 0 Å². The molecule has 18 heavy (non-hydrogen) atoms. The van der Waals surface area contributed by atoms with Gasteiger partial charge >= 0.3 is 0 Å². The van der Waals surface area contributed by atoms with E-state index in [-0.39, 0.29) is 12.1 Å². The summed E-state index contributed by atoms with van der Waals surface area (Å²) in [6, 6.07) is 1.44. The minimum Gasteiger partial charge on any atom is -0.312 e. The average Bonchev–Trinajstić information content (AvgIpc) is 2.84. The van der Waals surface area contributed by atoms with Crippen LogP contribution in [0, 0.1) is 17.5 Å². The van der Waals surface area contributed by atoms with Crippen molar-refractivity contribution in [3.05, 3.63) is 51.7 Å². The molecule has 0 bridgehead atoms. The highest BCUT2D eigenvalue weighted by atomic mass is 32.1. The van der Waals surface area contributed by atoms with Crippen molar-refractivity contribution in [2.24, 2.45) is 0 Å². The predicted molar refractivity (Wildman–Crippen MR) is 63.8 cm³/mol. The van der Waals surface area contributed by atoms with Crippen LogP contribution in [0.1, 0.15) is 11.3 Å². The summed E-state index contributed by atoms with van der Waals surface area (Å²) in [7, 11) is 0. The summed E-state index contributed by atoms with van der Waals surface area (Å²) >= 11 is 1.51. The number of halogens is 3. The van der Waals surface area contributed by atoms with Crippen molar-refractivity contribution >= 4 is 11.3 Å². The molecule has 0 radical (unpaired) electrons. The van der Waals surface area contributed by atoms with E-state index in [2.05, 4.69) is 10.3 Å². The van der Waals surface area contributed by atoms with Gasteiger partial charge in [-0.25, -0.2) is 18.2 Å². The Kier molecular flexibility index (Phi) is 4.33. The Bertz CT molecular complexity index is 514. The van der Waals surface area contributed by atoms with Gasteiger partial charge in [0.1, 0.15) is 5.82 Å². The second-order valence-corrected chi connectivity index (χ2v) is 4.48. The van der Waals surface area contributed by atoms with E-state index in [9.17, 15) is 13.2 Å².